The van der Waals surface area contributed by atoms with Crippen molar-refractivity contribution < 1.29 is 19.3 Å². The van der Waals surface area contributed by atoms with Crippen LogP contribution in [0.25, 0.3) is 11.0 Å². The van der Waals surface area contributed by atoms with E-state index in [1.165, 1.54) is 0 Å². The highest BCUT2D eigenvalue weighted by molar-refractivity contribution is 5.78. The molecule has 0 spiro atoms. The fourth-order valence-electron chi connectivity index (χ4n) is 3.33. The predicted molar refractivity (Wildman–Crippen MR) is 93.8 cm³/mol. The molecule has 1 aliphatic heterocycles. The van der Waals surface area contributed by atoms with E-state index in [0.29, 0.717) is 31.7 Å². The van der Waals surface area contributed by atoms with Gasteiger partial charge in [-0.1, -0.05) is 24.3 Å². The van der Waals surface area contributed by atoms with Crippen LogP contribution in [0.5, 0.6) is 5.75 Å². The highest BCUT2D eigenvalue weighted by atomic mass is 16.6. The molecule has 26 heavy (non-hydrogen) atoms. The van der Waals surface area contributed by atoms with Gasteiger partial charge in [-0.2, -0.15) is 0 Å². The minimum Gasteiger partial charge on any atom is -0.478 e. The quantitative estimate of drug-likeness (QED) is 0.754. The fourth-order valence-corrected chi connectivity index (χ4v) is 3.33. The Bertz CT molecular complexity index is 901. The zero-order valence-corrected chi connectivity index (χ0v) is 14.2. The van der Waals surface area contributed by atoms with Crippen molar-refractivity contribution in [1.29, 1.82) is 0 Å². The van der Waals surface area contributed by atoms with E-state index < -0.39 is 11.6 Å². The van der Waals surface area contributed by atoms with Crippen molar-refractivity contribution in [3.05, 3.63) is 54.1 Å². The molecular formula is C19H19N3O4. The summed E-state index contributed by atoms with van der Waals surface area (Å²) in [6.45, 7) is 2.02. The first kappa shape index (κ1) is 16.5. The highest BCUT2D eigenvalue weighted by Gasteiger charge is 2.44. The van der Waals surface area contributed by atoms with Crippen LogP contribution in [0.15, 0.2) is 53.2 Å². The van der Waals surface area contributed by atoms with Gasteiger partial charge in [0.25, 0.3) is 0 Å². The number of carbonyl (C=O) groups is 1. The van der Waals surface area contributed by atoms with E-state index in [1.807, 2.05) is 36.4 Å². The van der Waals surface area contributed by atoms with Crippen molar-refractivity contribution in [2.75, 3.05) is 13.1 Å². The molecule has 3 aromatic rings. The average molecular weight is 353 g/mol. The maximum atomic E-state index is 11.9. The Hall–Kier alpha value is -2.93. The molecule has 2 heterocycles. The van der Waals surface area contributed by atoms with E-state index in [-0.39, 0.29) is 0 Å². The van der Waals surface area contributed by atoms with Gasteiger partial charge >= 0.3 is 5.97 Å². The van der Waals surface area contributed by atoms with Gasteiger partial charge in [0.2, 0.25) is 5.60 Å². The molecule has 7 nitrogen and oxygen atoms in total. The first-order valence-electron chi connectivity index (χ1n) is 8.56. The lowest BCUT2D eigenvalue weighted by Gasteiger charge is -2.38. The average Bonchev–Trinajstić information content (AvgIpc) is 3.12. The molecule has 0 amide bonds. The van der Waals surface area contributed by atoms with Crippen molar-refractivity contribution in [3.8, 4) is 5.75 Å². The topological polar surface area (TPSA) is 88.7 Å². The third kappa shape index (κ3) is 3.25. The van der Waals surface area contributed by atoms with Crippen LogP contribution in [-0.4, -0.2) is 45.0 Å². The summed E-state index contributed by atoms with van der Waals surface area (Å²) in [7, 11) is 0. The van der Waals surface area contributed by atoms with E-state index in [1.54, 1.807) is 12.1 Å². The summed E-state index contributed by atoms with van der Waals surface area (Å²) < 4.78 is 10.6. The van der Waals surface area contributed by atoms with Crippen LogP contribution in [0.4, 0.5) is 0 Å². The Balaban J connectivity index is 1.43. The molecule has 1 saturated heterocycles. The molecule has 1 fully saturated rings. The van der Waals surface area contributed by atoms with Crippen molar-refractivity contribution in [3.63, 3.8) is 0 Å². The molecule has 0 aliphatic carbocycles. The second kappa shape index (κ2) is 6.76. The number of likely N-dealkylation sites (tertiary alicyclic amines) is 1. The van der Waals surface area contributed by atoms with Gasteiger partial charge < -0.3 is 9.84 Å². The molecule has 0 saturated carbocycles. The number of hydrogen-bond acceptors (Lipinski definition) is 6. The second-order valence-electron chi connectivity index (χ2n) is 6.58. The summed E-state index contributed by atoms with van der Waals surface area (Å²) in [6.07, 6.45) is 0.871. The Labute approximate surface area is 150 Å². The maximum Gasteiger partial charge on any atom is 0.348 e. The van der Waals surface area contributed by atoms with Crippen LogP contribution in [0.2, 0.25) is 0 Å². The van der Waals surface area contributed by atoms with Crippen LogP contribution >= 0.6 is 0 Å². The maximum absolute atomic E-state index is 11.9. The molecule has 1 aromatic heterocycles. The summed E-state index contributed by atoms with van der Waals surface area (Å²) in [4.78, 5) is 14.1. The van der Waals surface area contributed by atoms with Crippen LogP contribution in [0.1, 0.15) is 18.4 Å². The number of carboxylic acid groups (broad SMARTS) is 1. The van der Waals surface area contributed by atoms with E-state index in [9.17, 15) is 9.90 Å². The first-order valence-corrected chi connectivity index (χ1v) is 8.56. The van der Waals surface area contributed by atoms with Crippen molar-refractivity contribution in [2.45, 2.75) is 25.0 Å². The summed E-state index contributed by atoms with van der Waals surface area (Å²) in [5, 5.41) is 17.4. The molecule has 0 atom stereocenters. The number of ether oxygens (including phenoxy) is 1. The van der Waals surface area contributed by atoms with Gasteiger partial charge in [-0.05, 0) is 40.1 Å². The lowest BCUT2D eigenvalue weighted by atomic mass is 9.90. The minimum atomic E-state index is -1.17. The van der Waals surface area contributed by atoms with Gasteiger partial charge in [0.1, 0.15) is 16.8 Å². The monoisotopic (exact) mass is 353 g/mol. The molecule has 0 unspecified atom stereocenters. The SMILES string of the molecule is O=C(O)C1(Oc2ccccc2)CCN(Cc2ccc3nonc3c2)CC1. The number of carboxylic acids is 1. The Morgan fingerprint density at radius 3 is 2.58 bits per heavy atom. The Morgan fingerprint density at radius 2 is 1.85 bits per heavy atom. The van der Waals surface area contributed by atoms with Crippen LogP contribution in [0.3, 0.4) is 0 Å². The number of aromatic nitrogens is 2. The lowest BCUT2D eigenvalue weighted by Crippen LogP contribution is -2.53. The zero-order chi connectivity index (χ0) is 18.0. The van der Waals surface area contributed by atoms with Gasteiger partial charge in [-0.15, -0.1) is 0 Å². The number of rotatable bonds is 5. The third-order valence-corrected chi connectivity index (χ3v) is 4.83. The van der Waals surface area contributed by atoms with Crippen LogP contribution in [0, 0.1) is 0 Å². The second-order valence-corrected chi connectivity index (χ2v) is 6.58. The number of benzene rings is 2. The Morgan fingerprint density at radius 1 is 1.12 bits per heavy atom. The van der Waals surface area contributed by atoms with Gasteiger partial charge in [0.15, 0.2) is 0 Å². The molecule has 1 N–H and O–H groups in total. The first-order chi connectivity index (χ1) is 12.6. The van der Waals surface area contributed by atoms with Crippen molar-refractivity contribution in [2.24, 2.45) is 0 Å². The van der Waals surface area contributed by atoms with Gasteiger partial charge in [0.05, 0.1) is 0 Å². The van der Waals surface area contributed by atoms with E-state index in [2.05, 4.69) is 15.2 Å². The molecule has 0 radical (unpaired) electrons. The molecule has 134 valence electrons. The van der Waals surface area contributed by atoms with Crippen molar-refractivity contribution in [1.82, 2.24) is 15.2 Å². The zero-order valence-electron chi connectivity index (χ0n) is 14.2. The number of fused-ring (bicyclic) bond motifs is 1. The molecule has 1 aliphatic rings. The summed E-state index contributed by atoms with van der Waals surface area (Å²) in [6, 6.07) is 15.0. The number of nitrogens with zero attached hydrogens (tertiary/aromatic N) is 3. The van der Waals surface area contributed by atoms with Gasteiger partial charge in [0, 0.05) is 32.5 Å². The van der Waals surface area contributed by atoms with Gasteiger partial charge in [-0.25, -0.2) is 9.42 Å². The molecule has 4 rings (SSSR count). The third-order valence-electron chi connectivity index (χ3n) is 4.83. The molecule has 2 aromatic carbocycles. The standard InChI is InChI=1S/C19H19N3O4/c23-18(24)19(25-15-4-2-1-3-5-15)8-10-22(11-9-19)13-14-6-7-16-17(12-14)21-26-20-16/h1-7,12H,8-11,13H2,(H,23,24). The van der Waals surface area contributed by atoms with Crippen LogP contribution in [-0.2, 0) is 11.3 Å². The fraction of sp³-hybridized carbons (Fsp3) is 0.316. The molecule has 7 heteroatoms. The smallest absolute Gasteiger partial charge is 0.348 e. The molecule has 0 bridgehead atoms. The van der Waals surface area contributed by atoms with E-state index in [4.69, 9.17) is 9.37 Å². The summed E-state index contributed by atoms with van der Waals surface area (Å²) >= 11 is 0. The minimum absolute atomic E-state index is 0.436. The largest absolute Gasteiger partial charge is 0.478 e. The number of para-hydroxylation sites is 1. The Kier molecular flexibility index (Phi) is 4.30. The highest BCUT2D eigenvalue weighted by Crippen LogP contribution is 2.30. The lowest BCUT2D eigenvalue weighted by molar-refractivity contribution is -0.159. The summed E-state index contributed by atoms with van der Waals surface area (Å²) in [5.41, 5.74) is 1.39. The van der Waals surface area contributed by atoms with Gasteiger partial charge in [-0.3, -0.25) is 4.90 Å². The van der Waals surface area contributed by atoms with Crippen molar-refractivity contribution >= 4 is 17.0 Å². The predicted octanol–water partition coefficient (Wildman–Crippen LogP) is 2.72. The number of aliphatic carboxylic acids is 1. The molecular weight excluding hydrogens is 334 g/mol. The summed E-state index contributed by atoms with van der Waals surface area (Å²) in [5.74, 6) is -0.316. The number of hydrogen-bond donors (Lipinski definition) is 1. The van der Waals surface area contributed by atoms with E-state index >= 15 is 0 Å². The van der Waals surface area contributed by atoms with Crippen LogP contribution < -0.4 is 4.74 Å². The normalized spacial score (nSPS) is 17.2. The number of piperidine rings is 1. The van der Waals surface area contributed by atoms with E-state index in [0.717, 1.165) is 23.1 Å².